The number of nitrogens with two attached hydrogens (primary N) is 1. The summed E-state index contributed by atoms with van der Waals surface area (Å²) in [4.78, 5) is 24.9. The number of fused-ring (bicyclic) bond motifs is 1. The standard InChI is InChI=1S/C27H28BrN6O6P/c1-38-25-23-24(31-27(29)32-25)34(16-30-23)20-10-7-18(13-20)15-39-41(37,40-21-11-8-19(28)9-12-21)33-22(26(35)36)14-17-5-3-2-4-6-17/h2-12,16,18,20,22H,13-15H2,1H3,(H,33,37)(H,35,36)(H2,29,31,32)/t18-,20+,22+,41?/m1/s1. The molecule has 41 heavy (non-hydrogen) atoms. The Morgan fingerprint density at radius 1 is 1.20 bits per heavy atom. The minimum absolute atomic E-state index is 0.0125. The van der Waals surface area contributed by atoms with Crippen LogP contribution < -0.4 is 20.1 Å². The van der Waals surface area contributed by atoms with E-state index >= 15 is 0 Å². The van der Waals surface area contributed by atoms with Crippen molar-refractivity contribution < 1.29 is 28.3 Å². The minimum atomic E-state index is -4.14. The van der Waals surface area contributed by atoms with Crippen molar-refractivity contribution in [1.82, 2.24) is 24.6 Å². The molecule has 2 aromatic heterocycles. The van der Waals surface area contributed by atoms with Gasteiger partial charge in [-0.05, 0) is 42.7 Å². The summed E-state index contributed by atoms with van der Waals surface area (Å²) in [6.45, 7) is 0.0125. The van der Waals surface area contributed by atoms with E-state index in [2.05, 4.69) is 36.0 Å². The molecule has 1 unspecified atom stereocenters. The van der Waals surface area contributed by atoms with Gasteiger partial charge in [0.25, 0.3) is 0 Å². The first kappa shape index (κ1) is 28.7. The van der Waals surface area contributed by atoms with Crippen molar-refractivity contribution in [1.29, 1.82) is 0 Å². The number of nitrogens with zero attached hydrogens (tertiary/aromatic N) is 4. The number of allylic oxidation sites excluding steroid dienone is 1. The third kappa shape index (κ3) is 6.94. The lowest BCUT2D eigenvalue weighted by Crippen LogP contribution is -2.38. The second kappa shape index (κ2) is 12.4. The molecule has 214 valence electrons. The van der Waals surface area contributed by atoms with Crippen LogP contribution in [0.25, 0.3) is 11.2 Å². The number of nitrogen functional groups attached to an aromatic ring is 1. The first-order valence-electron chi connectivity index (χ1n) is 12.7. The summed E-state index contributed by atoms with van der Waals surface area (Å²) in [7, 11) is -2.66. The first-order valence-corrected chi connectivity index (χ1v) is 15.0. The number of imidazole rings is 1. The summed E-state index contributed by atoms with van der Waals surface area (Å²) < 4.78 is 33.6. The van der Waals surface area contributed by atoms with Gasteiger partial charge in [0.15, 0.2) is 11.2 Å². The Bertz CT molecular complexity index is 1600. The summed E-state index contributed by atoms with van der Waals surface area (Å²) in [6.07, 6.45) is 6.23. The van der Waals surface area contributed by atoms with Crippen molar-refractivity contribution >= 4 is 46.8 Å². The van der Waals surface area contributed by atoms with Crippen LogP contribution in [0.4, 0.5) is 5.95 Å². The van der Waals surface area contributed by atoms with Gasteiger partial charge in [-0.25, -0.2) is 9.55 Å². The highest BCUT2D eigenvalue weighted by atomic mass is 79.9. The Morgan fingerprint density at radius 3 is 2.66 bits per heavy atom. The number of rotatable bonds is 12. The van der Waals surface area contributed by atoms with Gasteiger partial charge < -0.3 is 24.7 Å². The van der Waals surface area contributed by atoms with E-state index < -0.39 is 19.8 Å². The van der Waals surface area contributed by atoms with Crippen LogP contribution in [-0.2, 0) is 20.3 Å². The summed E-state index contributed by atoms with van der Waals surface area (Å²) in [5.74, 6) is -0.711. The molecule has 0 aliphatic heterocycles. The van der Waals surface area contributed by atoms with E-state index in [-0.39, 0.29) is 42.6 Å². The van der Waals surface area contributed by atoms with E-state index in [4.69, 9.17) is 19.5 Å². The lowest BCUT2D eigenvalue weighted by atomic mass is 10.1. The summed E-state index contributed by atoms with van der Waals surface area (Å²) in [5, 5.41) is 12.6. The average Bonchev–Trinajstić information content (AvgIpc) is 3.60. The fourth-order valence-corrected chi connectivity index (χ4v) is 6.34. The monoisotopic (exact) mass is 642 g/mol. The van der Waals surface area contributed by atoms with E-state index in [9.17, 15) is 14.5 Å². The molecule has 0 saturated carbocycles. The maximum Gasteiger partial charge on any atom is 0.459 e. The molecule has 0 amide bonds. The molecular formula is C27H28BrN6O6P. The molecule has 1 aliphatic rings. The average molecular weight is 643 g/mol. The van der Waals surface area contributed by atoms with Crippen molar-refractivity contribution in [2.75, 3.05) is 19.5 Å². The zero-order chi connectivity index (χ0) is 29.0. The normalized spacial score (nSPS) is 18.7. The number of hydrogen-bond acceptors (Lipinski definition) is 9. The fourth-order valence-electron chi connectivity index (χ4n) is 4.52. The number of aromatic nitrogens is 4. The molecule has 1 aliphatic carbocycles. The van der Waals surface area contributed by atoms with E-state index in [1.54, 1.807) is 42.7 Å². The van der Waals surface area contributed by atoms with Crippen LogP contribution >= 0.6 is 23.7 Å². The molecule has 0 saturated heterocycles. The molecule has 0 bridgehead atoms. The minimum Gasteiger partial charge on any atom is -0.480 e. The van der Waals surface area contributed by atoms with E-state index in [0.29, 0.717) is 17.6 Å². The molecule has 12 nitrogen and oxygen atoms in total. The smallest absolute Gasteiger partial charge is 0.459 e. The van der Waals surface area contributed by atoms with Gasteiger partial charge in [0.05, 0.1) is 26.1 Å². The number of carboxylic acids is 1. The SMILES string of the molecule is COc1nc(N)nc2c1ncn2[C@H]1C=C[C@@H](COP(=O)(N[C@@H](Cc2ccccc2)C(=O)O)Oc2ccc(Br)cc2)C1. The predicted octanol–water partition coefficient (Wildman–Crippen LogP) is 4.79. The highest BCUT2D eigenvalue weighted by Crippen LogP contribution is 2.46. The Labute approximate surface area is 244 Å². The molecular weight excluding hydrogens is 615 g/mol. The van der Waals surface area contributed by atoms with Crippen LogP contribution in [-0.4, -0.2) is 50.4 Å². The van der Waals surface area contributed by atoms with E-state index in [0.717, 1.165) is 10.0 Å². The number of halogens is 1. The Hall–Kier alpha value is -3.77. The summed E-state index contributed by atoms with van der Waals surface area (Å²) in [5.41, 5.74) is 7.63. The molecule has 5 rings (SSSR count). The quantitative estimate of drug-likeness (QED) is 0.144. The van der Waals surface area contributed by atoms with Gasteiger partial charge in [0, 0.05) is 10.4 Å². The molecule has 4 N–H and O–H groups in total. The maximum absolute atomic E-state index is 14.0. The van der Waals surface area contributed by atoms with Crippen molar-refractivity contribution in [3.8, 4) is 11.6 Å². The zero-order valence-corrected chi connectivity index (χ0v) is 24.4. The van der Waals surface area contributed by atoms with Crippen LogP contribution in [0.1, 0.15) is 18.0 Å². The Balaban J connectivity index is 1.32. The number of aliphatic carboxylic acids is 1. The number of hydrogen-bond donors (Lipinski definition) is 3. The van der Waals surface area contributed by atoms with Gasteiger partial charge in [-0.1, -0.05) is 58.4 Å². The van der Waals surface area contributed by atoms with Gasteiger partial charge >= 0.3 is 13.7 Å². The number of carbonyl (C=O) groups is 1. The third-order valence-corrected chi connectivity index (χ3v) is 8.60. The molecule has 2 aromatic carbocycles. The van der Waals surface area contributed by atoms with Crippen LogP contribution in [0.2, 0.25) is 0 Å². The van der Waals surface area contributed by atoms with Crippen molar-refractivity contribution in [3.63, 3.8) is 0 Å². The second-order valence-electron chi connectivity index (χ2n) is 9.41. The molecule has 4 aromatic rings. The summed E-state index contributed by atoms with van der Waals surface area (Å²) >= 11 is 3.36. The number of anilines is 1. The number of carboxylic acid groups (broad SMARTS) is 1. The number of nitrogens with one attached hydrogen (secondary N) is 1. The molecule has 14 heteroatoms. The molecule has 0 fully saturated rings. The van der Waals surface area contributed by atoms with Crippen molar-refractivity contribution in [2.45, 2.75) is 24.9 Å². The number of ether oxygens (including phenoxy) is 1. The topological polar surface area (TPSA) is 164 Å². The number of benzene rings is 2. The van der Waals surface area contributed by atoms with Crippen molar-refractivity contribution in [2.24, 2.45) is 5.92 Å². The van der Waals surface area contributed by atoms with E-state index in [1.165, 1.54) is 7.11 Å². The van der Waals surface area contributed by atoms with Gasteiger partial charge in [-0.3, -0.25) is 9.32 Å². The lowest BCUT2D eigenvalue weighted by molar-refractivity contribution is -0.139. The molecule has 0 radical (unpaired) electrons. The predicted molar refractivity (Wildman–Crippen MR) is 156 cm³/mol. The zero-order valence-electron chi connectivity index (χ0n) is 22.0. The Kier molecular flexibility index (Phi) is 8.69. The number of methoxy groups -OCH3 is 1. The highest BCUT2D eigenvalue weighted by molar-refractivity contribution is 9.10. The fraction of sp³-hybridized carbons (Fsp3) is 0.259. The van der Waals surface area contributed by atoms with Crippen LogP contribution in [0.3, 0.4) is 0 Å². The van der Waals surface area contributed by atoms with E-state index in [1.807, 2.05) is 34.9 Å². The van der Waals surface area contributed by atoms with Crippen LogP contribution in [0.5, 0.6) is 11.6 Å². The lowest BCUT2D eigenvalue weighted by Gasteiger charge is -2.25. The maximum atomic E-state index is 14.0. The third-order valence-electron chi connectivity index (χ3n) is 6.50. The Morgan fingerprint density at radius 2 is 1.95 bits per heavy atom. The molecule has 2 heterocycles. The second-order valence-corrected chi connectivity index (χ2v) is 12.0. The van der Waals surface area contributed by atoms with Gasteiger partial charge in [-0.2, -0.15) is 15.1 Å². The highest BCUT2D eigenvalue weighted by Gasteiger charge is 2.35. The summed E-state index contributed by atoms with van der Waals surface area (Å²) in [6, 6.07) is 14.4. The first-order chi connectivity index (χ1) is 19.7. The van der Waals surface area contributed by atoms with Gasteiger partial charge in [-0.15, -0.1) is 0 Å². The van der Waals surface area contributed by atoms with Crippen LogP contribution in [0.15, 0.2) is 77.5 Å². The van der Waals surface area contributed by atoms with Gasteiger partial charge in [0.2, 0.25) is 11.8 Å². The largest absolute Gasteiger partial charge is 0.480 e. The molecule has 4 atom stereocenters. The molecule has 0 spiro atoms. The van der Waals surface area contributed by atoms with Crippen LogP contribution in [0, 0.1) is 5.92 Å². The van der Waals surface area contributed by atoms with Crippen molar-refractivity contribution in [3.05, 3.63) is 83.1 Å². The van der Waals surface area contributed by atoms with Gasteiger partial charge in [0.1, 0.15) is 11.8 Å².